The predicted molar refractivity (Wildman–Crippen MR) is 129 cm³/mol. The summed E-state index contributed by atoms with van der Waals surface area (Å²) >= 11 is 1.50. The first-order valence-corrected chi connectivity index (χ1v) is 12.7. The number of carbonyl (C=O) groups is 3. The van der Waals surface area contributed by atoms with E-state index in [1.54, 1.807) is 21.7 Å². The summed E-state index contributed by atoms with van der Waals surface area (Å²) in [5, 5.41) is 22.2. The zero-order valence-corrected chi connectivity index (χ0v) is 19.7. The highest BCUT2D eigenvalue weighted by atomic mass is 32.2. The Bertz CT molecular complexity index is 1300. The Morgan fingerprint density at radius 1 is 1.29 bits per heavy atom. The van der Waals surface area contributed by atoms with E-state index in [4.69, 9.17) is 4.98 Å². The van der Waals surface area contributed by atoms with Crippen molar-refractivity contribution in [2.24, 2.45) is 0 Å². The molecule has 2 aromatic heterocycles. The molecule has 4 aliphatic rings. The molecule has 0 radical (unpaired) electrons. The molecule has 2 aromatic rings. The maximum Gasteiger partial charge on any atom is 0.326 e. The van der Waals surface area contributed by atoms with Crippen molar-refractivity contribution in [3.63, 3.8) is 0 Å². The molecule has 1 saturated carbocycles. The van der Waals surface area contributed by atoms with Crippen LogP contribution in [-0.2, 0) is 9.59 Å². The third-order valence-electron chi connectivity index (χ3n) is 6.64. The van der Waals surface area contributed by atoms with Gasteiger partial charge < -0.3 is 20.6 Å². The number of likely N-dealkylation sites (tertiary alicyclic amines) is 1. The average molecular weight is 496 g/mol. The summed E-state index contributed by atoms with van der Waals surface area (Å²) in [6, 6.07) is 1.69. The molecule has 182 valence electrons. The second-order valence-corrected chi connectivity index (χ2v) is 10.4. The lowest BCUT2D eigenvalue weighted by atomic mass is 10.2. The van der Waals surface area contributed by atoms with Crippen LogP contribution in [0.2, 0.25) is 0 Å². The van der Waals surface area contributed by atoms with Crippen LogP contribution in [0, 0.1) is 0 Å². The van der Waals surface area contributed by atoms with E-state index in [0.717, 1.165) is 37.2 Å². The van der Waals surface area contributed by atoms with Gasteiger partial charge in [0.1, 0.15) is 11.5 Å². The number of aromatic nitrogens is 3. The smallest absolute Gasteiger partial charge is 0.326 e. The van der Waals surface area contributed by atoms with Crippen molar-refractivity contribution in [1.82, 2.24) is 30.1 Å². The highest BCUT2D eigenvalue weighted by Gasteiger charge is 2.34. The van der Waals surface area contributed by atoms with Crippen LogP contribution in [-0.4, -0.2) is 67.7 Å². The number of aliphatic hydroxyl groups excluding tert-OH is 1. The topological polar surface area (TPSA) is 141 Å². The first kappa shape index (κ1) is 22.1. The molecular weight excluding hydrogens is 470 g/mol. The summed E-state index contributed by atoms with van der Waals surface area (Å²) in [5.41, 5.74) is 2.12. The van der Waals surface area contributed by atoms with Crippen LogP contribution in [0.25, 0.3) is 11.7 Å². The molecule has 4 amide bonds. The Labute approximate surface area is 205 Å². The fourth-order valence-electron chi connectivity index (χ4n) is 4.66. The first-order chi connectivity index (χ1) is 17.0. The van der Waals surface area contributed by atoms with E-state index in [1.807, 2.05) is 12.1 Å². The lowest BCUT2D eigenvalue weighted by molar-refractivity contribution is -0.127. The normalized spacial score (nSPS) is 25.3. The van der Waals surface area contributed by atoms with Crippen LogP contribution in [0.4, 0.5) is 10.6 Å². The minimum absolute atomic E-state index is 0.0144. The van der Waals surface area contributed by atoms with Crippen LogP contribution < -0.4 is 16.0 Å². The van der Waals surface area contributed by atoms with Crippen LogP contribution >= 0.6 is 11.8 Å². The summed E-state index contributed by atoms with van der Waals surface area (Å²) < 4.78 is 1.71. The Morgan fingerprint density at radius 2 is 2.14 bits per heavy atom. The van der Waals surface area contributed by atoms with Gasteiger partial charge in [-0.2, -0.15) is 9.61 Å². The number of amides is 4. The van der Waals surface area contributed by atoms with Gasteiger partial charge >= 0.3 is 6.03 Å². The molecule has 3 fully saturated rings. The minimum atomic E-state index is -0.561. The quantitative estimate of drug-likeness (QED) is 0.349. The second kappa shape index (κ2) is 8.68. The van der Waals surface area contributed by atoms with E-state index in [9.17, 15) is 19.5 Å². The van der Waals surface area contributed by atoms with Gasteiger partial charge in [-0.1, -0.05) is 6.08 Å². The molecule has 3 aliphatic heterocycles. The van der Waals surface area contributed by atoms with Gasteiger partial charge in [0.25, 0.3) is 11.8 Å². The molecule has 11 nitrogen and oxygen atoms in total. The van der Waals surface area contributed by atoms with E-state index in [2.05, 4.69) is 21.0 Å². The van der Waals surface area contributed by atoms with E-state index < -0.39 is 11.9 Å². The zero-order valence-electron chi connectivity index (χ0n) is 18.9. The van der Waals surface area contributed by atoms with Crippen molar-refractivity contribution in [2.75, 3.05) is 18.5 Å². The SMILES string of the molecule is O=C1NC(=O)/C(=C/c2cnn3c(NC4CC4)cc(C4CC=C(C(=O)N5CCC[C@H]5CO)S4)nc23)N1. The lowest BCUT2D eigenvalue weighted by Gasteiger charge is -2.23. The summed E-state index contributed by atoms with van der Waals surface area (Å²) in [7, 11) is 0. The van der Waals surface area contributed by atoms with Gasteiger partial charge in [0, 0.05) is 24.2 Å². The summed E-state index contributed by atoms with van der Waals surface area (Å²) in [4.78, 5) is 43.9. The summed E-state index contributed by atoms with van der Waals surface area (Å²) in [6.45, 7) is 0.657. The van der Waals surface area contributed by atoms with Gasteiger partial charge in [0.05, 0.1) is 34.7 Å². The van der Waals surface area contributed by atoms with Crippen LogP contribution in [0.3, 0.4) is 0 Å². The van der Waals surface area contributed by atoms with Crippen molar-refractivity contribution in [3.8, 4) is 0 Å². The molecule has 0 spiro atoms. The monoisotopic (exact) mass is 495 g/mol. The molecule has 5 heterocycles. The van der Waals surface area contributed by atoms with Gasteiger partial charge in [-0.05, 0) is 38.2 Å². The van der Waals surface area contributed by atoms with E-state index in [1.165, 1.54) is 11.8 Å². The highest BCUT2D eigenvalue weighted by molar-refractivity contribution is 8.04. The standard InChI is InChI=1S/C23H25N7O4S/c31-11-14-2-1-7-29(14)22(33)18-6-5-17(35-18)15-9-19(25-13-3-4-13)30-20(26-15)12(10-24-30)8-16-21(32)28-23(34)27-16/h6,8-10,13-14,17,25,31H,1-5,7,11H2,(H2,27,28,32,34)/b16-8-/t14-,17?/m0/s1. The van der Waals surface area contributed by atoms with Gasteiger partial charge in [0.2, 0.25) is 0 Å². The molecule has 1 unspecified atom stereocenters. The lowest BCUT2D eigenvalue weighted by Crippen LogP contribution is -2.37. The van der Waals surface area contributed by atoms with Crippen molar-refractivity contribution < 1.29 is 19.5 Å². The highest BCUT2D eigenvalue weighted by Crippen LogP contribution is 2.45. The molecule has 1 aliphatic carbocycles. The maximum atomic E-state index is 13.1. The van der Waals surface area contributed by atoms with E-state index in [0.29, 0.717) is 35.1 Å². The molecular formula is C23H25N7O4S. The third kappa shape index (κ3) is 4.16. The number of hydrogen-bond acceptors (Lipinski definition) is 8. The number of rotatable bonds is 6. The van der Waals surface area contributed by atoms with Crippen molar-refractivity contribution >= 4 is 47.1 Å². The number of allylic oxidation sites excluding steroid dienone is 1. The second-order valence-electron chi connectivity index (χ2n) is 9.17. The maximum absolute atomic E-state index is 13.1. The molecule has 12 heteroatoms. The third-order valence-corrected chi connectivity index (χ3v) is 7.96. The number of nitrogens with zero attached hydrogens (tertiary/aromatic N) is 4. The summed E-state index contributed by atoms with van der Waals surface area (Å²) in [5.74, 6) is 0.283. The average Bonchev–Trinajstić information content (AvgIpc) is 3.24. The molecule has 0 aromatic carbocycles. The Hall–Kier alpha value is -3.38. The van der Waals surface area contributed by atoms with Crippen molar-refractivity contribution in [3.05, 3.63) is 40.2 Å². The predicted octanol–water partition coefficient (Wildman–Crippen LogP) is 1.53. The number of nitrogens with one attached hydrogen (secondary N) is 3. The first-order valence-electron chi connectivity index (χ1n) is 11.8. The zero-order chi connectivity index (χ0) is 24.1. The number of anilines is 1. The number of fused-ring (bicyclic) bond motifs is 1. The Morgan fingerprint density at radius 3 is 2.89 bits per heavy atom. The van der Waals surface area contributed by atoms with Crippen molar-refractivity contribution in [1.29, 1.82) is 0 Å². The Kier molecular flexibility index (Phi) is 5.49. The number of thioether (sulfide) groups is 1. The number of imide groups is 1. The number of hydrogen-bond donors (Lipinski definition) is 4. The number of aliphatic hydroxyl groups is 1. The van der Waals surface area contributed by atoms with Gasteiger partial charge in [-0.3, -0.25) is 14.9 Å². The number of carbonyl (C=O) groups excluding carboxylic acids is 3. The largest absolute Gasteiger partial charge is 0.394 e. The van der Waals surface area contributed by atoms with Gasteiger partial charge in [0.15, 0.2) is 5.65 Å². The van der Waals surface area contributed by atoms with E-state index >= 15 is 0 Å². The van der Waals surface area contributed by atoms with Crippen molar-refractivity contribution in [2.45, 2.75) is 49.4 Å². The minimum Gasteiger partial charge on any atom is -0.394 e. The van der Waals surface area contributed by atoms with Crippen LogP contribution in [0.15, 0.2) is 28.9 Å². The molecule has 6 rings (SSSR count). The van der Waals surface area contributed by atoms with Gasteiger partial charge in [-0.25, -0.2) is 9.78 Å². The number of urea groups is 1. The molecule has 0 bridgehead atoms. The van der Waals surface area contributed by atoms with Gasteiger partial charge in [-0.15, -0.1) is 11.8 Å². The van der Waals surface area contributed by atoms with Crippen LogP contribution in [0.1, 0.15) is 48.6 Å². The molecule has 2 saturated heterocycles. The fraction of sp³-hybridized carbons (Fsp3) is 0.435. The fourth-order valence-corrected chi connectivity index (χ4v) is 5.81. The van der Waals surface area contributed by atoms with Crippen LogP contribution in [0.5, 0.6) is 0 Å². The molecule has 2 atom stereocenters. The summed E-state index contributed by atoms with van der Waals surface area (Å²) in [6.07, 6.45) is 9.72. The molecule has 35 heavy (non-hydrogen) atoms. The molecule has 4 N–H and O–H groups in total. The Balaban J connectivity index is 1.30. The van der Waals surface area contributed by atoms with E-state index in [-0.39, 0.29) is 29.5 Å².